The normalized spacial score (nSPS) is 11.3. The number of nitrogens with one attached hydrogen (secondary N) is 1. The fourth-order valence-electron chi connectivity index (χ4n) is 2.99. The molecule has 0 atom stereocenters. The molecule has 0 fully saturated rings. The molecule has 126 valence electrons. The number of hydrogen-bond donors (Lipinski definition) is 1. The molecule has 1 N–H and O–H groups in total. The van der Waals surface area contributed by atoms with Gasteiger partial charge < -0.3 is 14.4 Å². The lowest BCUT2D eigenvalue weighted by molar-refractivity contribution is 0.102. The van der Waals surface area contributed by atoms with Crippen LogP contribution < -0.4 is 5.32 Å². The number of amides is 1. The van der Waals surface area contributed by atoms with Gasteiger partial charge in [0.25, 0.3) is 11.6 Å². The van der Waals surface area contributed by atoms with Gasteiger partial charge in [-0.05, 0) is 43.7 Å². The molecule has 6 nitrogen and oxygen atoms in total. The summed E-state index contributed by atoms with van der Waals surface area (Å²) in [6, 6.07) is 9.75. The Morgan fingerprint density at radius 3 is 3.00 bits per heavy atom. The van der Waals surface area contributed by atoms with Crippen LogP contribution in [0.25, 0.3) is 22.0 Å². The SMILES string of the molecule is CCCn1ccc2cc(NC(=O)c3cnc4onc(C)c4c3)ccc21. The van der Waals surface area contributed by atoms with Crippen LogP contribution in [0.15, 0.2) is 47.2 Å². The number of carbonyl (C=O) groups excluding carboxylic acids is 1. The summed E-state index contributed by atoms with van der Waals surface area (Å²) in [6.07, 6.45) is 4.66. The van der Waals surface area contributed by atoms with Gasteiger partial charge in [0, 0.05) is 35.5 Å². The zero-order valence-electron chi connectivity index (χ0n) is 14.1. The van der Waals surface area contributed by atoms with E-state index in [0.717, 1.165) is 35.1 Å². The van der Waals surface area contributed by atoms with E-state index in [1.54, 1.807) is 6.07 Å². The van der Waals surface area contributed by atoms with E-state index < -0.39 is 0 Å². The van der Waals surface area contributed by atoms with Gasteiger partial charge in [-0.25, -0.2) is 4.98 Å². The molecule has 0 spiro atoms. The van der Waals surface area contributed by atoms with E-state index >= 15 is 0 Å². The van der Waals surface area contributed by atoms with Crippen LogP contribution in [0.2, 0.25) is 0 Å². The first-order valence-electron chi connectivity index (χ1n) is 8.28. The molecule has 0 radical (unpaired) electrons. The first kappa shape index (κ1) is 15.4. The summed E-state index contributed by atoms with van der Waals surface area (Å²) in [5.74, 6) is -0.206. The maximum Gasteiger partial charge on any atom is 0.257 e. The third-order valence-corrected chi connectivity index (χ3v) is 4.27. The largest absolute Gasteiger partial charge is 0.347 e. The van der Waals surface area contributed by atoms with E-state index in [2.05, 4.69) is 39.2 Å². The molecular weight excluding hydrogens is 316 g/mol. The highest BCUT2D eigenvalue weighted by atomic mass is 16.5. The van der Waals surface area contributed by atoms with Crippen molar-refractivity contribution in [2.45, 2.75) is 26.8 Å². The van der Waals surface area contributed by atoms with Crippen LogP contribution in [-0.4, -0.2) is 20.6 Å². The maximum atomic E-state index is 12.5. The van der Waals surface area contributed by atoms with E-state index in [-0.39, 0.29) is 5.91 Å². The number of aromatic nitrogens is 3. The van der Waals surface area contributed by atoms with Gasteiger partial charge in [0.15, 0.2) is 0 Å². The first-order chi connectivity index (χ1) is 12.2. The number of rotatable bonds is 4. The van der Waals surface area contributed by atoms with Crippen LogP contribution in [0, 0.1) is 6.92 Å². The van der Waals surface area contributed by atoms with Crippen LogP contribution in [-0.2, 0) is 6.54 Å². The Bertz CT molecular complexity index is 1080. The highest BCUT2D eigenvalue weighted by molar-refractivity contribution is 6.06. The fourth-order valence-corrected chi connectivity index (χ4v) is 2.99. The van der Waals surface area contributed by atoms with Gasteiger partial charge in [-0.2, -0.15) is 0 Å². The number of anilines is 1. The van der Waals surface area contributed by atoms with Crippen molar-refractivity contribution >= 4 is 33.6 Å². The second-order valence-corrected chi connectivity index (χ2v) is 6.08. The zero-order chi connectivity index (χ0) is 17.4. The second-order valence-electron chi connectivity index (χ2n) is 6.08. The molecule has 0 aliphatic rings. The summed E-state index contributed by atoms with van der Waals surface area (Å²) < 4.78 is 7.29. The molecule has 0 unspecified atom stereocenters. The van der Waals surface area contributed by atoms with Crippen LogP contribution >= 0.6 is 0 Å². The highest BCUT2D eigenvalue weighted by Gasteiger charge is 2.12. The minimum absolute atomic E-state index is 0.206. The van der Waals surface area contributed by atoms with E-state index in [9.17, 15) is 4.79 Å². The van der Waals surface area contributed by atoms with E-state index in [1.807, 2.05) is 25.1 Å². The van der Waals surface area contributed by atoms with Gasteiger partial charge in [-0.1, -0.05) is 12.1 Å². The highest BCUT2D eigenvalue weighted by Crippen LogP contribution is 2.22. The smallest absolute Gasteiger partial charge is 0.257 e. The Morgan fingerprint density at radius 2 is 2.16 bits per heavy atom. The number of fused-ring (bicyclic) bond motifs is 2. The first-order valence-corrected chi connectivity index (χ1v) is 8.28. The molecule has 3 aromatic heterocycles. The molecular formula is C19H18N4O2. The summed E-state index contributed by atoms with van der Waals surface area (Å²) in [6.45, 7) is 4.96. The number of nitrogens with zero attached hydrogens (tertiary/aromatic N) is 3. The van der Waals surface area contributed by atoms with Crippen molar-refractivity contribution < 1.29 is 9.32 Å². The fraction of sp³-hybridized carbons (Fsp3) is 0.211. The molecule has 0 aliphatic heterocycles. The van der Waals surface area contributed by atoms with Crippen molar-refractivity contribution in [1.82, 2.24) is 14.7 Å². The van der Waals surface area contributed by atoms with Crippen LogP contribution in [0.3, 0.4) is 0 Å². The molecule has 25 heavy (non-hydrogen) atoms. The quantitative estimate of drug-likeness (QED) is 0.608. The van der Waals surface area contributed by atoms with E-state index in [0.29, 0.717) is 11.3 Å². The number of pyridine rings is 1. The molecule has 0 bridgehead atoms. The topological polar surface area (TPSA) is 73.0 Å². The number of aryl methyl sites for hydroxylation is 2. The minimum atomic E-state index is -0.206. The number of hydrogen-bond acceptors (Lipinski definition) is 4. The van der Waals surface area contributed by atoms with Crippen molar-refractivity contribution in [3.8, 4) is 0 Å². The Morgan fingerprint density at radius 1 is 1.28 bits per heavy atom. The van der Waals surface area contributed by atoms with Crippen molar-refractivity contribution in [2.24, 2.45) is 0 Å². The summed E-state index contributed by atoms with van der Waals surface area (Å²) in [5.41, 5.74) is 3.56. The molecule has 1 amide bonds. The Hall–Kier alpha value is -3.15. The monoisotopic (exact) mass is 334 g/mol. The van der Waals surface area contributed by atoms with E-state index in [4.69, 9.17) is 4.52 Å². The van der Waals surface area contributed by atoms with Gasteiger partial charge in [0.2, 0.25) is 0 Å². The number of carbonyl (C=O) groups is 1. The van der Waals surface area contributed by atoms with Gasteiger partial charge in [-0.15, -0.1) is 0 Å². The number of benzene rings is 1. The molecule has 6 heteroatoms. The zero-order valence-corrected chi connectivity index (χ0v) is 14.1. The van der Waals surface area contributed by atoms with Crippen molar-refractivity contribution in [2.75, 3.05) is 5.32 Å². The Labute approximate surface area is 144 Å². The van der Waals surface area contributed by atoms with Gasteiger partial charge in [-0.3, -0.25) is 4.79 Å². The lowest BCUT2D eigenvalue weighted by atomic mass is 10.2. The summed E-state index contributed by atoms with van der Waals surface area (Å²) in [7, 11) is 0. The summed E-state index contributed by atoms with van der Waals surface area (Å²) >= 11 is 0. The Kier molecular flexibility index (Phi) is 3.72. The molecule has 0 aliphatic carbocycles. The summed E-state index contributed by atoms with van der Waals surface area (Å²) in [4.78, 5) is 16.7. The van der Waals surface area contributed by atoms with Gasteiger partial charge in [0.05, 0.1) is 16.6 Å². The molecule has 0 saturated carbocycles. The lowest BCUT2D eigenvalue weighted by Gasteiger charge is -2.07. The average Bonchev–Trinajstić information content (AvgIpc) is 3.19. The average molecular weight is 334 g/mol. The third-order valence-electron chi connectivity index (χ3n) is 4.27. The van der Waals surface area contributed by atoms with Gasteiger partial charge >= 0.3 is 0 Å². The van der Waals surface area contributed by atoms with Crippen LogP contribution in [0.1, 0.15) is 29.4 Å². The molecule has 3 heterocycles. The second kappa shape index (κ2) is 6.05. The third kappa shape index (κ3) is 2.76. The molecule has 1 aromatic carbocycles. The van der Waals surface area contributed by atoms with Crippen molar-refractivity contribution in [1.29, 1.82) is 0 Å². The molecule has 4 aromatic rings. The standard InChI is InChI=1S/C19H18N4O2/c1-3-7-23-8-6-13-9-15(4-5-17(13)23)21-18(24)14-10-16-12(2)22-25-19(16)20-11-14/h4-6,8-11H,3,7H2,1-2H3,(H,21,24). The minimum Gasteiger partial charge on any atom is -0.347 e. The maximum absolute atomic E-state index is 12.5. The van der Waals surface area contributed by atoms with Gasteiger partial charge in [0.1, 0.15) is 0 Å². The molecule has 4 rings (SSSR count). The van der Waals surface area contributed by atoms with Crippen LogP contribution in [0.4, 0.5) is 5.69 Å². The Balaban J connectivity index is 1.60. The predicted octanol–water partition coefficient (Wildman–Crippen LogP) is 4.15. The van der Waals surface area contributed by atoms with Crippen LogP contribution in [0.5, 0.6) is 0 Å². The van der Waals surface area contributed by atoms with Crippen molar-refractivity contribution in [3.05, 3.63) is 54.0 Å². The summed E-state index contributed by atoms with van der Waals surface area (Å²) in [5, 5.41) is 8.64. The van der Waals surface area contributed by atoms with E-state index in [1.165, 1.54) is 11.7 Å². The lowest BCUT2D eigenvalue weighted by Crippen LogP contribution is -2.12. The van der Waals surface area contributed by atoms with Crippen molar-refractivity contribution in [3.63, 3.8) is 0 Å². The molecule has 0 saturated heterocycles. The predicted molar refractivity (Wildman–Crippen MR) is 96.7 cm³/mol.